The molecule has 2 aliphatic rings. The molecule has 4 nitrogen and oxygen atoms in total. The van der Waals surface area contributed by atoms with Crippen molar-refractivity contribution in [2.24, 2.45) is 11.1 Å². The van der Waals surface area contributed by atoms with Crippen LogP contribution in [0.1, 0.15) is 45.6 Å². The molecule has 1 amide bonds. The van der Waals surface area contributed by atoms with E-state index in [1.165, 1.54) is 12.1 Å². The quantitative estimate of drug-likeness (QED) is 0.840. The molecule has 0 aliphatic heterocycles. The van der Waals surface area contributed by atoms with Crippen molar-refractivity contribution >= 4 is 5.91 Å². The van der Waals surface area contributed by atoms with Crippen LogP contribution in [0.5, 0.6) is 0 Å². The number of amides is 1. The number of hydrogen-bond acceptors (Lipinski definition) is 3. The Kier molecular flexibility index (Phi) is 4.21. The van der Waals surface area contributed by atoms with Gasteiger partial charge in [0.2, 0.25) is 5.91 Å². The molecule has 1 aromatic rings. The second-order valence-corrected chi connectivity index (χ2v) is 7.81. The summed E-state index contributed by atoms with van der Waals surface area (Å²) in [4.78, 5) is 12.7. The molecule has 0 aromatic heterocycles. The topological polar surface area (TPSA) is 64.3 Å². The second-order valence-electron chi connectivity index (χ2n) is 7.81. The highest BCUT2D eigenvalue weighted by molar-refractivity contribution is 5.89. The van der Waals surface area contributed by atoms with Crippen molar-refractivity contribution in [1.82, 2.24) is 5.32 Å². The first-order valence-electron chi connectivity index (χ1n) is 8.70. The summed E-state index contributed by atoms with van der Waals surface area (Å²) in [6.07, 6.45) is 2.57. The van der Waals surface area contributed by atoms with E-state index in [4.69, 9.17) is 10.5 Å². The van der Waals surface area contributed by atoms with Gasteiger partial charge in [0.05, 0.1) is 6.10 Å². The molecule has 5 heteroatoms. The second kappa shape index (κ2) is 5.81. The Morgan fingerprint density at radius 3 is 2.46 bits per heavy atom. The molecular weight excluding hydrogens is 307 g/mol. The molecule has 0 spiro atoms. The smallest absolute Gasteiger partial charge is 0.240 e. The maximum absolute atomic E-state index is 13.1. The van der Waals surface area contributed by atoms with Crippen molar-refractivity contribution in [2.75, 3.05) is 13.2 Å². The number of rotatable bonds is 6. The molecule has 132 valence electrons. The first-order chi connectivity index (χ1) is 11.2. The van der Waals surface area contributed by atoms with Crippen LogP contribution >= 0.6 is 0 Å². The number of carbonyl (C=O) groups excluding carboxylic acids is 1. The predicted molar refractivity (Wildman–Crippen MR) is 91.1 cm³/mol. The van der Waals surface area contributed by atoms with Crippen LogP contribution in [0.2, 0.25) is 0 Å². The van der Waals surface area contributed by atoms with Crippen molar-refractivity contribution in [3.63, 3.8) is 0 Å². The van der Waals surface area contributed by atoms with Crippen molar-refractivity contribution < 1.29 is 13.9 Å². The molecule has 2 saturated carbocycles. The third-order valence-electron chi connectivity index (χ3n) is 6.13. The van der Waals surface area contributed by atoms with Gasteiger partial charge in [0.15, 0.2) is 0 Å². The summed E-state index contributed by atoms with van der Waals surface area (Å²) < 4.78 is 18.8. The van der Waals surface area contributed by atoms with Gasteiger partial charge in [-0.2, -0.15) is 0 Å². The lowest BCUT2D eigenvalue weighted by Gasteiger charge is -2.57. The summed E-state index contributed by atoms with van der Waals surface area (Å²) in [6.45, 7) is 7.10. The highest BCUT2D eigenvalue weighted by atomic mass is 19.1. The van der Waals surface area contributed by atoms with E-state index in [0.29, 0.717) is 19.6 Å². The van der Waals surface area contributed by atoms with Gasteiger partial charge in [-0.25, -0.2) is 4.39 Å². The summed E-state index contributed by atoms with van der Waals surface area (Å²) >= 11 is 0. The van der Waals surface area contributed by atoms with Crippen LogP contribution in [0.25, 0.3) is 0 Å². The van der Waals surface area contributed by atoms with Crippen LogP contribution in [0.4, 0.5) is 4.39 Å². The Labute approximate surface area is 142 Å². The molecule has 24 heavy (non-hydrogen) atoms. The molecular formula is C19H27FN2O2. The minimum Gasteiger partial charge on any atom is -0.378 e. The van der Waals surface area contributed by atoms with Gasteiger partial charge in [0, 0.05) is 30.4 Å². The van der Waals surface area contributed by atoms with Crippen LogP contribution in [0.3, 0.4) is 0 Å². The maximum Gasteiger partial charge on any atom is 0.240 e. The van der Waals surface area contributed by atoms with Crippen LogP contribution in [-0.4, -0.2) is 30.7 Å². The maximum atomic E-state index is 13.1. The first kappa shape index (κ1) is 17.4. The van der Waals surface area contributed by atoms with E-state index in [0.717, 1.165) is 18.4 Å². The average molecular weight is 334 g/mol. The van der Waals surface area contributed by atoms with Gasteiger partial charge < -0.3 is 15.8 Å². The highest BCUT2D eigenvalue weighted by Crippen LogP contribution is 2.51. The van der Waals surface area contributed by atoms with Crippen LogP contribution in [-0.2, 0) is 14.9 Å². The van der Waals surface area contributed by atoms with E-state index in [1.54, 1.807) is 0 Å². The van der Waals surface area contributed by atoms with E-state index < -0.39 is 5.54 Å². The molecule has 1 aromatic carbocycles. The van der Waals surface area contributed by atoms with Crippen molar-refractivity contribution in [1.29, 1.82) is 0 Å². The Morgan fingerprint density at radius 1 is 1.33 bits per heavy atom. The minimum atomic E-state index is -0.897. The van der Waals surface area contributed by atoms with Gasteiger partial charge in [-0.1, -0.05) is 26.0 Å². The van der Waals surface area contributed by atoms with Gasteiger partial charge >= 0.3 is 0 Å². The minimum absolute atomic E-state index is 0.0187. The largest absolute Gasteiger partial charge is 0.378 e. The number of halogens is 1. The molecule has 3 N–H and O–H groups in total. The lowest BCUT2D eigenvalue weighted by molar-refractivity contribution is -0.170. The summed E-state index contributed by atoms with van der Waals surface area (Å²) in [6, 6.07) is 6.57. The van der Waals surface area contributed by atoms with Crippen LogP contribution < -0.4 is 11.1 Å². The summed E-state index contributed by atoms with van der Waals surface area (Å²) in [5, 5.41) is 3.05. The standard InChI is InChI=1S/C19H27FN2O2/c1-4-24-15-11-19(21,17(15,2)3)16(23)22-12-18(9-10-18)13-5-7-14(20)8-6-13/h5-8,15H,4,9-12,21H2,1-3H3,(H,22,23). The van der Waals surface area contributed by atoms with E-state index in [1.807, 2.05) is 32.9 Å². The Hall–Kier alpha value is -1.46. The Bertz CT molecular complexity index is 625. The molecule has 2 unspecified atom stereocenters. The van der Waals surface area contributed by atoms with Gasteiger partial charge in [0.25, 0.3) is 0 Å². The number of hydrogen-bond donors (Lipinski definition) is 2. The van der Waals surface area contributed by atoms with Gasteiger partial charge in [0.1, 0.15) is 11.4 Å². The van der Waals surface area contributed by atoms with Gasteiger partial charge in [-0.3, -0.25) is 4.79 Å². The fourth-order valence-corrected chi connectivity index (χ4v) is 3.75. The van der Waals surface area contributed by atoms with Gasteiger partial charge in [-0.05, 0) is 37.5 Å². The number of nitrogens with one attached hydrogen (secondary N) is 1. The van der Waals surface area contributed by atoms with Crippen LogP contribution in [0.15, 0.2) is 24.3 Å². The Balaban J connectivity index is 1.63. The zero-order valence-corrected chi connectivity index (χ0v) is 14.7. The molecule has 0 heterocycles. The number of benzene rings is 1. The molecule has 0 bridgehead atoms. The molecule has 2 fully saturated rings. The monoisotopic (exact) mass is 334 g/mol. The van der Waals surface area contributed by atoms with Crippen molar-refractivity contribution in [3.05, 3.63) is 35.6 Å². The van der Waals surface area contributed by atoms with Crippen LogP contribution in [0, 0.1) is 11.2 Å². The fourth-order valence-electron chi connectivity index (χ4n) is 3.75. The average Bonchev–Trinajstić information content (AvgIpc) is 3.34. The molecule has 2 atom stereocenters. The number of ether oxygens (including phenoxy) is 1. The third-order valence-corrected chi connectivity index (χ3v) is 6.13. The lowest BCUT2D eigenvalue weighted by Crippen LogP contribution is -2.76. The molecule has 3 rings (SSSR count). The van der Waals surface area contributed by atoms with E-state index in [2.05, 4.69) is 5.32 Å². The summed E-state index contributed by atoms with van der Waals surface area (Å²) in [5.41, 5.74) is 6.14. The summed E-state index contributed by atoms with van der Waals surface area (Å²) in [7, 11) is 0. The lowest BCUT2D eigenvalue weighted by atomic mass is 9.54. The zero-order valence-electron chi connectivity index (χ0n) is 14.7. The Morgan fingerprint density at radius 2 is 1.96 bits per heavy atom. The summed E-state index contributed by atoms with van der Waals surface area (Å²) in [5.74, 6) is -0.352. The SMILES string of the molecule is CCOC1CC(N)(C(=O)NCC2(c3ccc(F)cc3)CC2)C1(C)C. The normalized spacial score (nSPS) is 29.6. The molecule has 0 saturated heterocycles. The molecule has 2 aliphatic carbocycles. The van der Waals surface area contributed by atoms with E-state index >= 15 is 0 Å². The zero-order chi connectivity index (χ0) is 17.6. The highest BCUT2D eigenvalue weighted by Gasteiger charge is 2.63. The predicted octanol–water partition coefficient (Wildman–Crippen LogP) is 2.51. The third kappa shape index (κ3) is 2.64. The van der Waals surface area contributed by atoms with E-state index in [-0.39, 0.29) is 28.7 Å². The molecule has 0 radical (unpaired) electrons. The van der Waals surface area contributed by atoms with Gasteiger partial charge in [-0.15, -0.1) is 0 Å². The first-order valence-corrected chi connectivity index (χ1v) is 8.70. The van der Waals surface area contributed by atoms with Crippen molar-refractivity contribution in [2.45, 2.75) is 57.1 Å². The van der Waals surface area contributed by atoms with Crippen molar-refractivity contribution in [3.8, 4) is 0 Å². The number of nitrogens with two attached hydrogens (primary N) is 1. The van der Waals surface area contributed by atoms with E-state index in [9.17, 15) is 9.18 Å². The fraction of sp³-hybridized carbons (Fsp3) is 0.632. The number of carbonyl (C=O) groups is 1.